The lowest BCUT2D eigenvalue weighted by molar-refractivity contribution is 0.0922. The summed E-state index contributed by atoms with van der Waals surface area (Å²) in [5, 5.41) is 8.38. The van der Waals surface area contributed by atoms with Gasteiger partial charge in [0.1, 0.15) is 5.76 Å². The van der Waals surface area contributed by atoms with Gasteiger partial charge >= 0.3 is 0 Å². The van der Waals surface area contributed by atoms with Crippen molar-refractivity contribution < 1.29 is 9.32 Å². The minimum absolute atomic E-state index is 0.128. The van der Waals surface area contributed by atoms with Gasteiger partial charge in [0.2, 0.25) is 0 Å². The van der Waals surface area contributed by atoms with Crippen molar-refractivity contribution in [1.29, 1.82) is 0 Å². The Kier molecular flexibility index (Phi) is 4.01. The topological polar surface area (TPSA) is 74.2 Å². The number of aromatic nitrogens is 2. The largest absolute Gasteiger partial charge is 0.361 e. The highest BCUT2D eigenvalue weighted by Gasteiger charge is 2.33. The molecule has 3 heterocycles. The van der Waals surface area contributed by atoms with Gasteiger partial charge in [-0.05, 0) is 30.4 Å². The Morgan fingerprint density at radius 3 is 3.04 bits per heavy atom. The maximum atomic E-state index is 12.5. The van der Waals surface area contributed by atoms with E-state index in [1.54, 1.807) is 6.07 Å². The molecule has 2 N–H and O–H groups in total. The molecule has 2 atom stereocenters. The summed E-state index contributed by atoms with van der Waals surface area (Å²) in [6.07, 6.45) is 4.37. The second-order valence-corrected chi connectivity index (χ2v) is 8.00. The molecule has 1 saturated carbocycles. The van der Waals surface area contributed by atoms with Gasteiger partial charge in [-0.25, -0.2) is 0 Å². The number of benzene rings is 1. The SMILES string of the molecule is C[C@H]1CN(Cc2c[nH]c3ccccc23)CC1NC(=O)c1cc(C2CC2)on1. The Balaban J connectivity index is 1.23. The molecule has 2 fully saturated rings. The molecule has 27 heavy (non-hydrogen) atoms. The molecule has 1 aliphatic carbocycles. The second-order valence-electron chi connectivity index (χ2n) is 8.00. The van der Waals surface area contributed by atoms with Crippen molar-refractivity contribution in [2.24, 2.45) is 5.92 Å². The Bertz CT molecular complexity index is 971. The minimum atomic E-state index is -0.128. The number of nitrogens with one attached hydrogen (secondary N) is 2. The monoisotopic (exact) mass is 364 g/mol. The van der Waals surface area contributed by atoms with Gasteiger partial charge in [-0.15, -0.1) is 0 Å². The first kappa shape index (κ1) is 16.6. The quantitative estimate of drug-likeness (QED) is 0.729. The van der Waals surface area contributed by atoms with Crippen LogP contribution in [0.15, 0.2) is 41.1 Å². The molecule has 0 radical (unpaired) electrons. The van der Waals surface area contributed by atoms with Crippen LogP contribution < -0.4 is 5.32 Å². The van der Waals surface area contributed by atoms with E-state index in [1.165, 1.54) is 16.5 Å². The molecule has 6 nitrogen and oxygen atoms in total. The van der Waals surface area contributed by atoms with E-state index in [4.69, 9.17) is 4.52 Å². The van der Waals surface area contributed by atoms with Crippen LogP contribution in [-0.2, 0) is 6.54 Å². The second kappa shape index (κ2) is 6.53. The lowest BCUT2D eigenvalue weighted by atomic mass is 10.1. The van der Waals surface area contributed by atoms with Crippen molar-refractivity contribution in [3.05, 3.63) is 53.5 Å². The summed E-state index contributed by atoms with van der Waals surface area (Å²) >= 11 is 0. The van der Waals surface area contributed by atoms with Crippen molar-refractivity contribution in [1.82, 2.24) is 20.4 Å². The fraction of sp³-hybridized carbons (Fsp3) is 0.429. The number of nitrogens with zero attached hydrogens (tertiary/aromatic N) is 2. The number of H-pyrrole nitrogens is 1. The molecule has 1 unspecified atom stereocenters. The van der Waals surface area contributed by atoms with Crippen molar-refractivity contribution in [3.8, 4) is 0 Å². The molecule has 2 aromatic heterocycles. The van der Waals surface area contributed by atoms with Crippen LogP contribution in [0.4, 0.5) is 0 Å². The first-order valence-corrected chi connectivity index (χ1v) is 9.72. The van der Waals surface area contributed by atoms with E-state index in [0.717, 1.165) is 38.2 Å². The highest BCUT2D eigenvalue weighted by atomic mass is 16.5. The molecular weight excluding hydrogens is 340 g/mol. The number of fused-ring (bicyclic) bond motifs is 1. The van der Waals surface area contributed by atoms with Crippen LogP contribution in [0.3, 0.4) is 0 Å². The summed E-state index contributed by atoms with van der Waals surface area (Å²) in [4.78, 5) is 18.3. The smallest absolute Gasteiger partial charge is 0.273 e. The maximum absolute atomic E-state index is 12.5. The molecule has 1 aromatic carbocycles. The van der Waals surface area contributed by atoms with E-state index in [-0.39, 0.29) is 11.9 Å². The Labute approximate surface area is 157 Å². The van der Waals surface area contributed by atoms with E-state index in [0.29, 0.717) is 17.5 Å². The Hall–Kier alpha value is -2.60. The molecule has 0 bridgehead atoms. The van der Waals surface area contributed by atoms with E-state index < -0.39 is 0 Å². The average molecular weight is 364 g/mol. The number of rotatable bonds is 5. The Morgan fingerprint density at radius 2 is 2.19 bits per heavy atom. The zero-order valence-corrected chi connectivity index (χ0v) is 15.4. The van der Waals surface area contributed by atoms with Crippen LogP contribution in [0.25, 0.3) is 10.9 Å². The van der Waals surface area contributed by atoms with Crippen LogP contribution in [0.5, 0.6) is 0 Å². The zero-order chi connectivity index (χ0) is 18.4. The highest BCUT2D eigenvalue weighted by molar-refractivity contribution is 5.92. The number of para-hydroxylation sites is 1. The molecule has 2 aliphatic rings. The van der Waals surface area contributed by atoms with Gasteiger partial charge in [-0.3, -0.25) is 9.69 Å². The predicted octanol–water partition coefficient (Wildman–Crippen LogP) is 3.28. The number of carbonyl (C=O) groups is 1. The number of carbonyl (C=O) groups excluding carboxylic acids is 1. The molecule has 1 saturated heterocycles. The molecule has 3 aromatic rings. The van der Waals surface area contributed by atoms with Crippen LogP contribution >= 0.6 is 0 Å². The molecule has 5 rings (SSSR count). The molecule has 0 spiro atoms. The number of likely N-dealkylation sites (tertiary alicyclic amines) is 1. The maximum Gasteiger partial charge on any atom is 0.273 e. The summed E-state index contributed by atoms with van der Waals surface area (Å²) in [7, 11) is 0. The number of hydrogen-bond donors (Lipinski definition) is 2. The third kappa shape index (κ3) is 3.25. The molecule has 1 aliphatic heterocycles. The van der Waals surface area contributed by atoms with Crippen LogP contribution in [0, 0.1) is 5.92 Å². The third-order valence-electron chi connectivity index (χ3n) is 5.81. The lowest BCUT2D eigenvalue weighted by Gasteiger charge is -2.16. The van der Waals surface area contributed by atoms with E-state index >= 15 is 0 Å². The zero-order valence-electron chi connectivity index (χ0n) is 15.4. The Morgan fingerprint density at radius 1 is 1.33 bits per heavy atom. The molecule has 140 valence electrons. The normalized spacial score (nSPS) is 23.1. The summed E-state index contributed by atoms with van der Waals surface area (Å²) in [6, 6.07) is 10.3. The standard InChI is InChI=1S/C21H24N4O2/c1-13-10-25(11-15-9-22-17-5-3-2-4-16(15)17)12-19(13)23-21(26)18-8-20(27-24-18)14-6-7-14/h2-5,8-9,13-14,19,22H,6-7,10-12H2,1H3,(H,23,26)/t13-,19?/m0/s1. The van der Waals surface area contributed by atoms with Gasteiger partial charge in [-0.2, -0.15) is 0 Å². The lowest BCUT2D eigenvalue weighted by Crippen LogP contribution is -2.39. The van der Waals surface area contributed by atoms with Crippen molar-refractivity contribution in [2.45, 2.75) is 38.3 Å². The summed E-state index contributed by atoms with van der Waals surface area (Å²) in [6.45, 7) is 4.89. The van der Waals surface area contributed by atoms with Gasteiger partial charge < -0.3 is 14.8 Å². The summed E-state index contributed by atoms with van der Waals surface area (Å²) < 4.78 is 5.31. The summed E-state index contributed by atoms with van der Waals surface area (Å²) in [5.41, 5.74) is 2.87. The number of aromatic amines is 1. The fourth-order valence-electron chi connectivity index (χ4n) is 4.09. The van der Waals surface area contributed by atoms with E-state index in [1.807, 2.05) is 6.07 Å². The predicted molar refractivity (Wildman–Crippen MR) is 102 cm³/mol. The van der Waals surface area contributed by atoms with Gasteiger partial charge in [0.15, 0.2) is 5.69 Å². The average Bonchev–Trinajstić information content (AvgIpc) is 3.11. The van der Waals surface area contributed by atoms with Gasteiger partial charge in [0, 0.05) is 54.8 Å². The molecular formula is C21H24N4O2. The number of amides is 1. The minimum Gasteiger partial charge on any atom is -0.361 e. The van der Waals surface area contributed by atoms with Crippen molar-refractivity contribution >= 4 is 16.8 Å². The van der Waals surface area contributed by atoms with Crippen LogP contribution in [0.2, 0.25) is 0 Å². The van der Waals surface area contributed by atoms with Crippen LogP contribution in [0.1, 0.15) is 47.5 Å². The molecule has 1 amide bonds. The van der Waals surface area contributed by atoms with Gasteiger partial charge in [0.25, 0.3) is 5.91 Å². The first-order chi connectivity index (χ1) is 13.2. The van der Waals surface area contributed by atoms with Crippen molar-refractivity contribution in [3.63, 3.8) is 0 Å². The third-order valence-corrected chi connectivity index (χ3v) is 5.81. The van der Waals surface area contributed by atoms with Gasteiger partial charge in [-0.1, -0.05) is 30.3 Å². The number of hydrogen-bond acceptors (Lipinski definition) is 4. The fourth-order valence-corrected chi connectivity index (χ4v) is 4.09. The summed E-state index contributed by atoms with van der Waals surface area (Å²) in [5.74, 6) is 1.59. The van der Waals surface area contributed by atoms with E-state index in [2.05, 4.69) is 51.7 Å². The first-order valence-electron chi connectivity index (χ1n) is 9.72. The van der Waals surface area contributed by atoms with E-state index in [9.17, 15) is 4.79 Å². The van der Waals surface area contributed by atoms with Crippen LogP contribution in [-0.4, -0.2) is 40.1 Å². The van der Waals surface area contributed by atoms with Gasteiger partial charge in [0.05, 0.1) is 0 Å². The highest BCUT2D eigenvalue weighted by Crippen LogP contribution is 2.40. The molecule has 6 heteroatoms. The van der Waals surface area contributed by atoms with Crippen molar-refractivity contribution in [2.75, 3.05) is 13.1 Å².